The lowest BCUT2D eigenvalue weighted by molar-refractivity contribution is -0.138. The Balaban J connectivity index is 0.000000182. The zero-order valence-corrected chi connectivity index (χ0v) is 74.4. The van der Waals surface area contributed by atoms with Crippen molar-refractivity contribution in [3.8, 4) is 22.3 Å². The number of aromatic nitrogens is 2. The fourth-order valence-corrected chi connectivity index (χ4v) is 17.8. The number of nitrogens with two attached hydrogens (primary N) is 1. The molecular formula is C95H105F6N19O15. The SMILES string of the molecule is CN1CCN(c2ccc(-c3cccc(CN4CCN(CCN)CC4)c3)cc2NC(=O)c2c[nH]c(=O)cc2C(F)(F)F)CC1.CN1CCN(c2ccc(-c3cccc(CN4CCN(CCNC(=O)CCNc5cccc6c5C(=O)N(C5CCC(=O)NC5=O)C6=O)CC4)c3)cc2NC(=O)c2c[nH]c(=O)cc2C(F)(F)F)CC1.O=C(O)CCCc1cccc2c1C(=O)N(C1CCC(=O)NC1=O)C2=O. The first-order valence-electron chi connectivity index (χ1n) is 44.7. The van der Waals surface area contributed by atoms with Gasteiger partial charge in [-0.25, -0.2) is 0 Å². The average molecular weight is 1870 g/mol. The number of benzene rings is 6. The second kappa shape index (κ2) is 43.1. The molecule has 8 aliphatic heterocycles. The fourth-order valence-electron chi connectivity index (χ4n) is 17.8. The molecule has 8 aromatic rings. The number of halogens is 6. The Morgan fingerprint density at radius 2 is 0.889 bits per heavy atom. The van der Waals surface area contributed by atoms with Crippen molar-refractivity contribution < 1.29 is 89.0 Å². The Labute approximate surface area is 771 Å². The van der Waals surface area contributed by atoms with E-state index in [9.17, 15) is 93.5 Å². The third-order valence-electron chi connectivity index (χ3n) is 25.1. The number of imide groups is 4. The number of aromatic amines is 2. The van der Waals surface area contributed by atoms with E-state index in [4.69, 9.17) is 10.8 Å². The maximum Gasteiger partial charge on any atom is 0.417 e. The van der Waals surface area contributed by atoms with E-state index in [0.717, 1.165) is 153 Å². The molecule has 6 aromatic carbocycles. The summed E-state index contributed by atoms with van der Waals surface area (Å²) in [5.41, 5.74) is 9.39. The smallest absolute Gasteiger partial charge is 0.417 e. The maximum absolute atomic E-state index is 13.9. The van der Waals surface area contributed by atoms with Gasteiger partial charge in [-0.1, -0.05) is 66.7 Å². The number of carbonyl (C=O) groups excluding carboxylic acids is 11. The molecule has 0 aliphatic carbocycles. The first-order chi connectivity index (χ1) is 64.6. The lowest BCUT2D eigenvalue weighted by Crippen LogP contribution is -2.54. The summed E-state index contributed by atoms with van der Waals surface area (Å²) in [4.78, 5) is 197. The van der Waals surface area contributed by atoms with Crippen molar-refractivity contribution in [2.45, 2.75) is 88.9 Å². The number of carbonyl (C=O) groups is 12. The number of fused-ring (bicyclic) bond motifs is 2. The van der Waals surface area contributed by atoms with Crippen LogP contribution in [0.3, 0.4) is 0 Å². The minimum Gasteiger partial charge on any atom is -0.481 e. The third-order valence-corrected chi connectivity index (χ3v) is 25.1. The summed E-state index contributed by atoms with van der Waals surface area (Å²) in [6.45, 7) is 17.3. The van der Waals surface area contributed by atoms with Crippen LogP contribution in [0, 0.1) is 0 Å². The van der Waals surface area contributed by atoms with E-state index >= 15 is 0 Å². The van der Waals surface area contributed by atoms with Gasteiger partial charge in [-0.05, 0) is 133 Å². The van der Waals surface area contributed by atoms with E-state index in [-0.39, 0.29) is 73.2 Å². The number of anilines is 5. The molecule has 0 bridgehead atoms. The number of nitrogens with one attached hydrogen (secondary N) is 8. The normalized spacial score (nSPS) is 18.3. The number of pyridine rings is 2. The molecule has 6 fully saturated rings. The molecule has 34 nitrogen and oxygen atoms in total. The molecule has 712 valence electrons. The molecule has 0 saturated carbocycles. The van der Waals surface area contributed by atoms with Crippen molar-refractivity contribution in [1.82, 2.24) is 65.1 Å². The molecule has 2 aromatic heterocycles. The van der Waals surface area contributed by atoms with Gasteiger partial charge in [-0.15, -0.1) is 0 Å². The zero-order valence-electron chi connectivity index (χ0n) is 74.4. The Morgan fingerprint density at radius 1 is 0.459 bits per heavy atom. The van der Waals surface area contributed by atoms with E-state index in [1.807, 2.05) is 74.8 Å². The molecule has 0 radical (unpaired) electrons. The van der Waals surface area contributed by atoms with Gasteiger partial charge in [-0.2, -0.15) is 26.3 Å². The second-order valence-corrected chi connectivity index (χ2v) is 34.4. The van der Waals surface area contributed by atoms with Crippen LogP contribution in [0.1, 0.15) is 135 Å². The van der Waals surface area contributed by atoms with Crippen LogP contribution in [0.2, 0.25) is 0 Å². The number of aryl methyl sites for hydroxylation is 1. The van der Waals surface area contributed by atoms with Crippen LogP contribution in [-0.4, -0.2) is 289 Å². The third kappa shape index (κ3) is 23.9. The molecule has 135 heavy (non-hydrogen) atoms. The number of nitrogens with zero attached hydrogens (tertiary/aromatic N) is 10. The van der Waals surface area contributed by atoms with Crippen LogP contribution >= 0.6 is 0 Å². The van der Waals surface area contributed by atoms with Crippen LogP contribution in [0.15, 0.2) is 155 Å². The van der Waals surface area contributed by atoms with Crippen molar-refractivity contribution >= 4 is 99.4 Å². The van der Waals surface area contributed by atoms with Crippen LogP contribution in [0.4, 0.5) is 54.8 Å². The molecule has 10 heterocycles. The summed E-state index contributed by atoms with van der Waals surface area (Å²) < 4.78 is 82.9. The van der Waals surface area contributed by atoms with Crippen LogP contribution < -0.4 is 58.6 Å². The number of piperidine rings is 2. The summed E-state index contributed by atoms with van der Waals surface area (Å²) >= 11 is 0. The highest BCUT2D eigenvalue weighted by molar-refractivity contribution is 6.26. The van der Waals surface area contributed by atoms with Gasteiger partial charge in [0.05, 0.1) is 67.3 Å². The van der Waals surface area contributed by atoms with Gasteiger partial charge in [0.25, 0.3) is 35.4 Å². The predicted octanol–water partition coefficient (Wildman–Crippen LogP) is 6.84. The topological polar surface area (TPSA) is 421 Å². The average Bonchev–Trinajstić information content (AvgIpc) is 1.61. The zero-order chi connectivity index (χ0) is 96.1. The monoisotopic (exact) mass is 1870 g/mol. The first kappa shape index (κ1) is 97.4. The Hall–Kier alpha value is -13.6. The summed E-state index contributed by atoms with van der Waals surface area (Å²) in [5, 5.41) is 24.6. The standard InChI is InChI=1S/C47H51F3N10O7.C31H38F3N7O2.C17H16N2O6/c1-56-16-22-59(23-17-56)37-9-8-31(25-36(37)54-43(64)33-27-53-41(63)26-34(33)47(48,49)50)30-5-2-4-29(24-30)28-58-20-18-57(19-21-58)15-14-52-39(61)12-13-51-35-7-3-6-32-42(35)46(67)60(45(32)66)38-10-11-40(62)55-44(38)65;1-38-9-15-41(16-10-38)28-6-5-24(18-27(28)37-30(43)25-20-36-29(42)19-26(25)31(32,33)34)23-4-2-3-22(17-23)21-40-13-11-39(8-7-35)12-14-40;20-12-8-7-11(15(23)18-12)19-16(24)10-5-1-3-9(14(10)17(19)25)4-2-6-13(21)22/h2-9,24-27,38,51H,10-23,28H2,1H3,(H,52,61)(H,53,63)(H,54,64)(H,55,62,65);2-6,17-20H,7-16,21,35H2,1H3,(H,36,42)(H,37,43);1,3,5,11H,2,4,6-8H2,(H,21,22)(H,18,20,23). The quantitative estimate of drug-likeness (QED) is 0.0186. The highest BCUT2D eigenvalue weighted by Crippen LogP contribution is 2.40. The van der Waals surface area contributed by atoms with Crippen molar-refractivity contribution in [3.05, 3.63) is 228 Å². The van der Waals surface area contributed by atoms with Gasteiger partial charge in [0.15, 0.2) is 0 Å². The van der Waals surface area contributed by atoms with E-state index < -0.39 is 123 Å². The summed E-state index contributed by atoms with van der Waals surface area (Å²) in [7, 11) is 4.04. The van der Waals surface area contributed by atoms with Gasteiger partial charge in [0.2, 0.25) is 40.7 Å². The number of carboxylic acids is 1. The molecule has 2 unspecified atom stereocenters. The first-order valence-corrected chi connectivity index (χ1v) is 44.7. The van der Waals surface area contributed by atoms with Crippen molar-refractivity contribution in [1.29, 1.82) is 0 Å². The fraction of sp³-hybridized carbons (Fsp3) is 0.389. The Kier molecular flexibility index (Phi) is 31.1. The van der Waals surface area contributed by atoms with Crippen LogP contribution in [0.25, 0.3) is 22.3 Å². The largest absolute Gasteiger partial charge is 0.481 e. The molecule has 0 spiro atoms. The molecule has 6 saturated heterocycles. The van der Waals surface area contributed by atoms with Crippen molar-refractivity contribution in [2.24, 2.45) is 5.73 Å². The number of likely N-dealkylation sites (N-methyl/N-ethyl adjacent to an activating group) is 2. The predicted molar refractivity (Wildman–Crippen MR) is 489 cm³/mol. The number of carboxylic acid groups (broad SMARTS) is 1. The van der Waals surface area contributed by atoms with E-state index in [0.29, 0.717) is 106 Å². The minimum absolute atomic E-state index is 0.0226. The van der Waals surface area contributed by atoms with Crippen molar-refractivity contribution in [2.75, 3.05) is 177 Å². The van der Waals surface area contributed by atoms with Gasteiger partial charge in [0, 0.05) is 206 Å². The lowest BCUT2D eigenvalue weighted by Gasteiger charge is -2.35. The van der Waals surface area contributed by atoms with Gasteiger partial charge in [0.1, 0.15) is 12.1 Å². The van der Waals surface area contributed by atoms with Gasteiger partial charge < -0.3 is 61.7 Å². The van der Waals surface area contributed by atoms with Crippen molar-refractivity contribution in [3.63, 3.8) is 0 Å². The summed E-state index contributed by atoms with van der Waals surface area (Å²) in [6, 6.07) is 35.8. The van der Waals surface area contributed by atoms with E-state index in [2.05, 4.69) is 99.3 Å². The highest BCUT2D eigenvalue weighted by atomic mass is 19.4. The molecule has 11 N–H and O–H groups in total. The molecule has 16 rings (SSSR count). The number of hydrogen-bond donors (Lipinski definition) is 10. The van der Waals surface area contributed by atoms with Gasteiger partial charge in [-0.3, -0.25) is 107 Å². The molecule has 2 atom stereocenters. The molecule has 8 aliphatic rings. The summed E-state index contributed by atoms with van der Waals surface area (Å²) in [6.07, 6.45) is -7.16. The van der Waals surface area contributed by atoms with Crippen LogP contribution in [0.5, 0.6) is 0 Å². The number of hydrogen-bond acceptors (Lipinski definition) is 24. The number of piperazine rings is 4. The number of aliphatic carboxylic acids is 1. The molecule has 11 amide bonds. The number of amides is 11. The molecular weight excluding hydrogens is 1760 g/mol. The van der Waals surface area contributed by atoms with Crippen LogP contribution in [-0.2, 0) is 60.6 Å². The lowest BCUT2D eigenvalue weighted by atomic mass is 9.98. The molecule has 40 heteroatoms. The van der Waals surface area contributed by atoms with Gasteiger partial charge >= 0.3 is 18.3 Å². The van der Waals surface area contributed by atoms with E-state index in [1.165, 1.54) is 12.1 Å². The Morgan fingerprint density at radius 3 is 1.34 bits per heavy atom. The highest BCUT2D eigenvalue weighted by Gasteiger charge is 2.48. The minimum atomic E-state index is -4.91. The van der Waals surface area contributed by atoms with E-state index in [1.54, 1.807) is 30.3 Å². The second-order valence-electron chi connectivity index (χ2n) is 34.4. The Bertz CT molecular complexity index is 5980. The number of rotatable bonds is 27. The number of H-pyrrole nitrogens is 2. The maximum atomic E-state index is 13.9. The summed E-state index contributed by atoms with van der Waals surface area (Å²) in [5.74, 6) is -7.62. The number of alkyl halides is 6.